The van der Waals surface area contributed by atoms with Gasteiger partial charge in [0.15, 0.2) is 0 Å². The van der Waals surface area contributed by atoms with Gasteiger partial charge in [0.2, 0.25) is 5.91 Å². The van der Waals surface area contributed by atoms with Crippen LogP contribution < -0.4 is 0 Å². The highest BCUT2D eigenvalue weighted by atomic mass is 16.2. The van der Waals surface area contributed by atoms with Crippen molar-refractivity contribution in [3.05, 3.63) is 18.0 Å². The third-order valence-electron chi connectivity index (χ3n) is 7.83. The van der Waals surface area contributed by atoms with E-state index in [-0.39, 0.29) is 11.3 Å². The van der Waals surface area contributed by atoms with Crippen LogP contribution in [0.4, 0.5) is 0 Å². The van der Waals surface area contributed by atoms with Gasteiger partial charge in [0.1, 0.15) is 0 Å². The summed E-state index contributed by atoms with van der Waals surface area (Å²) in [6, 6.07) is 2.80. The third kappa shape index (κ3) is 1.80. The first-order valence-corrected chi connectivity index (χ1v) is 9.89. The van der Waals surface area contributed by atoms with E-state index in [0.717, 1.165) is 13.1 Å². The fourth-order valence-electron chi connectivity index (χ4n) is 5.88. The lowest BCUT2D eigenvalue weighted by atomic mass is 9.57. The van der Waals surface area contributed by atoms with Crippen molar-refractivity contribution in [3.63, 3.8) is 0 Å². The van der Waals surface area contributed by atoms with Gasteiger partial charge in [0.05, 0.1) is 12.0 Å². The zero-order chi connectivity index (χ0) is 16.5. The molecule has 0 radical (unpaired) electrons. The van der Waals surface area contributed by atoms with E-state index in [1.165, 1.54) is 50.6 Å². The molecule has 24 heavy (non-hydrogen) atoms. The summed E-state index contributed by atoms with van der Waals surface area (Å²) >= 11 is 0. The average molecular weight is 327 g/mol. The fourth-order valence-corrected chi connectivity index (χ4v) is 5.88. The Morgan fingerprint density at radius 1 is 1.33 bits per heavy atom. The fraction of sp³-hybridized carbons (Fsp3) is 0.800. The van der Waals surface area contributed by atoms with Crippen molar-refractivity contribution in [2.75, 3.05) is 13.1 Å². The molecule has 2 bridgehead atoms. The van der Waals surface area contributed by atoms with Crippen LogP contribution in [-0.4, -0.2) is 33.7 Å². The SMILES string of the molecule is CCC1(C)CN(C(=O)C2C3CCC2(c2ccnn2C2CCC2)C3)C1. The molecule has 5 aliphatic rings. The Morgan fingerprint density at radius 3 is 2.75 bits per heavy atom. The van der Waals surface area contributed by atoms with Gasteiger partial charge in [-0.15, -0.1) is 0 Å². The molecule has 130 valence electrons. The maximum absolute atomic E-state index is 13.2. The minimum Gasteiger partial charge on any atom is -0.341 e. The Hall–Kier alpha value is -1.32. The Morgan fingerprint density at radius 2 is 2.12 bits per heavy atom. The van der Waals surface area contributed by atoms with Crippen LogP contribution in [-0.2, 0) is 10.2 Å². The maximum Gasteiger partial charge on any atom is 0.226 e. The van der Waals surface area contributed by atoms with Crippen LogP contribution in [0.5, 0.6) is 0 Å². The predicted molar refractivity (Wildman–Crippen MR) is 92.6 cm³/mol. The molecule has 4 saturated carbocycles. The summed E-state index contributed by atoms with van der Waals surface area (Å²) in [5, 5.41) is 4.65. The van der Waals surface area contributed by atoms with Crippen LogP contribution >= 0.6 is 0 Å². The van der Waals surface area contributed by atoms with Crippen LogP contribution in [0, 0.1) is 17.3 Å². The summed E-state index contributed by atoms with van der Waals surface area (Å²) in [5.41, 5.74) is 1.84. The number of amides is 1. The molecule has 3 unspecified atom stereocenters. The van der Waals surface area contributed by atoms with Gasteiger partial charge < -0.3 is 4.90 Å². The minimum atomic E-state index is 0.103. The molecule has 1 aliphatic heterocycles. The lowest BCUT2D eigenvalue weighted by Crippen LogP contribution is -2.62. The van der Waals surface area contributed by atoms with Crippen molar-refractivity contribution in [3.8, 4) is 0 Å². The van der Waals surface area contributed by atoms with E-state index in [0.29, 0.717) is 23.3 Å². The van der Waals surface area contributed by atoms with Crippen LogP contribution in [0.3, 0.4) is 0 Å². The molecule has 4 nitrogen and oxygen atoms in total. The molecule has 0 spiro atoms. The van der Waals surface area contributed by atoms with Crippen LogP contribution in [0.1, 0.15) is 70.5 Å². The predicted octanol–water partition coefficient (Wildman–Crippen LogP) is 3.53. The Bertz CT molecular complexity index is 666. The first-order chi connectivity index (χ1) is 11.6. The summed E-state index contributed by atoms with van der Waals surface area (Å²) in [7, 11) is 0. The highest BCUT2D eigenvalue weighted by molar-refractivity contribution is 5.84. The molecule has 1 saturated heterocycles. The van der Waals surface area contributed by atoms with Crippen LogP contribution in [0.2, 0.25) is 0 Å². The van der Waals surface area contributed by atoms with Gasteiger partial charge in [0.25, 0.3) is 0 Å². The number of carbonyl (C=O) groups is 1. The first kappa shape index (κ1) is 15.0. The van der Waals surface area contributed by atoms with Gasteiger partial charge in [0, 0.05) is 35.8 Å². The zero-order valence-corrected chi connectivity index (χ0v) is 15.0. The molecule has 0 aromatic carbocycles. The average Bonchev–Trinajstić information content (AvgIpc) is 3.15. The molecular formula is C20H29N3O. The van der Waals surface area contributed by atoms with Crippen molar-refractivity contribution in [2.45, 2.75) is 70.3 Å². The van der Waals surface area contributed by atoms with E-state index in [1.54, 1.807) is 0 Å². The lowest BCUT2D eigenvalue weighted by Gasteiger charge is -2.54. The van der Waals surface area contributed by atoms with Crippen molar-refractivity contribution in [1.29, 1.82) is 0 Å². The quantitative estimate of drug-likeness (QED) is 0.848. The molecule has 6 rings (SSSR count). The maximum atomic E-state index is 13.2. The highest BCUT2D eigenvalue weighted by Crippen LogP contribution is 2.65. The second kappa shape index (κ2) is 4.86. The molecule has 5 fully saturated rings. The lowest BCUT2D eigenvalue weighted by molar-refractivity contribution is -0.156. The van der Waals surface area contributed by atoms with Gasteiger partial charge in [-0.1, -0.05) is 13.8 Å². The Labute approximate surface area is 144 Å². The largest absolute Gasteiger partial charge is 0.341 e. The van der Waals surface area contributed by atoms with Gasteiger partial charge in [-0.2, -0.15) is 5.10 Å². The van der Waals surface area contributed by atoms with E-state index in [2.05, 4.69) is 34.6 Å². The number of hydrogen-bond donors (Lipinski definition) is 0. The highest BCUT2D eigenvalue weighted by Gasteiger charge is 2.65. The summed E-state index contributed by atoms with van der Waals surface area (Å²) in [6.07, 6.45) is 10.6. The van der Waals surface area contributed by atoms with E-state index >= 15 is 0 Å². The van der Waals surface area contributed by atoms with E-state index in [9.17, 15) is 4.79 Å². The summed E-state index contributed by atoms with van der Waals surface area (Å²) in [6.45, 7) is 6.48. The molecule has 1 aromatic heterocycles. The van der Waals surface area contributed by atoms with Crippen LogP contribution in [0.15, 0.2) is 12.3 Å². The molecule has 1 amide bonds. The van der Waals surface area contributed by atoms with Gasteiger partial charge in [-0.25, -0.2) is 0 Å². The molecule has 4 aliphatic carbocycles. The third-order valence-corrected chi connectivity index (χ3v) is 7.83. The van der Waals surface area contributed by atoms with Crippen molar-refractivity contribution >= 4 is 5.91 Å². The smallest absolute Gasteiger partial charge is 0.226 e. The van der Waals surface area contributed by atoms with Gasteiger partial charge in [-0.05, 0) is 56.9 Å². The molecule has 4 heteroatoms. The standard InChI is InChI=1S/C20H29N3O/c1-3-19(2)12-22(13-19)18(24)17-14-7-9-20(17,11-14)16-8-10-21-23(16)15-5-4-6-15/h8,10,14-15,17H,3-7,9,11-13H2,1-2H3. The minimum absolute atomic E-state index is 0.103. The second-order valence-corrected chi connectivity index (χ2v) is 9.24. The zero-order valence-electron chi connectivity index (χ0n) is 15.0. The van der Waals surface area contributed by atoms with Crippen molar-refractivity contribution in [2.24, 2.45) is 17.3 Å². The Kier molecular flexibility index (Phi) is 3.03. The number of fused-ring (bicyclic) bond motifs is 1. The summed E-state index contributed by atoms with van der Waals surface area (Å²) in [4.78, 5) is 15.4. The number of nitrogens with zero attached hydrogens (tertiary/aromatic N) is 3. The topological polar surface area (TPSA) is 38.1 Å². The number of hydrogen-bond acceptors (Lipinski definition) is 2. The van der Waals surface area contributed by atoms with Gasteiger partial charge in [-0.3, -0.25) is 9.48 Å². The summed E-state index contributed by atoms with van der Waals surface area (Å²) in [5.74, 6) is 1.29. The Balaban J connectivity index is 1.40. The molecule has 1 aromatic rings. The van der Waals surface area contributed by atoms with Crippen molar-refractivity contribution in [1.82, 2.24) is 14.7 Å². The van der Waals surface area contributed by atoms with Gasteiger partial charge >= 0.3 is 0 Å². The van der Waals surface area contributed by atoms with E-state index < -0.39 is 0 Å². The second-order valence-electron chi connectivity index (χ2n) is 9.24. The first-order valence-electron chi connectivity index (χ1n) is 9.89. The van der Waals surface area contributed by atoms with E-state index in [4.69, 9.17) is 0 Å². The molecule has 2 heterocycles. The molecule has 0 N–H and O–H groups in total. The van der Waals surface area contributed by atoms with Crippen LogP contribution in [0.25, 0.3) is 0 Å². The molecule has 3 atom stereocenters. The normalized spacial score (nSPS) is 36.8. The number of carbonyl (C=O) groups excluding carboxylic acids is 1. The number of likely N-dealkylation sites (tertiary alicyclic amines) is 1. The monoisotopic (exact) mass is 327 g/mol. The summed E-state index contributed by atoms with van der Waals surface area (Å²) < 4.78 is 2.29. The number of aromatic nitrogens is 2. The molecular weight excluding hydrogens is 298 g/mol. The number of rotatable bonds is 4. The van der Waals surface area contributed by atoms with E-state index in [1.807, 2.05) is 6.20 Å². The van der Waals surface area contributed by atoms with Crippen molar-refractivity contribution < 1.29 is 4.79 Å².